The third kappa shape index (κ3) is 4.06. The highest BCUT2D eigenvalue weighted by molar-refractivity contribution is 5.96. The SMILES string of the molecule is CCc1nnnn1-c1cc(C(=O)NCc2ccn[nH]2)cc(-c2ccc(C)cc2)c1. The van der Waals surface area contributed by atoms with Crippen molar-refractivity contribution in [2.24, 2.45) is 0 Å². The predicted octanol–water partition coefficient (Wildman–Crippen LogP) is 2.85. The monoisotopic (exact) mass is 387 g/mol. The molecule has 0 aliphatic carbocycles. The van der Waals surface area contributed by atoms with E-state index in [0.717, 1.165) is 28.3 Å². The molecule has 0 radical (unpaired) electrons. The second-order valence-corrected chi connectivity index (χ2v) is 6.76. The molecule has 2 heterocycles. The standard InChI is InChI=1S/C21H21N7O/c1-3-20-25-26-27-28(20)19-11-16(15-6-4-14(2)5-7-15)10-17(12-19)21(29)22-13-18-8-9-23-24-18/h4-12H,3,13H2,1-2H3,(H,22,29)(H,23,24). The Labute approximate surface area is 168 Å². The van der Waals surface area contributed by atoms with Gasteiger partial charge in [-0.3, -0.25) is 9.89 Å². The van der Waals surface area contributed by atoms with Crippen LogP contribution in [0.2, 0.25) is 0 Å². The van der Waals surface area contributed by atoms with E-state index in [-0.39, 0.29) is 5.91 Å². The van der Waals surface area contributed by atoms with Crippen LogP contribution >= 0.6 is 0 Å². The van der Waals surface area contributed by atoms with Gasteiger partial charge in [-0.15, -0.1) is 5.10 Å². The largest absolute Gasteiger partial charge is 0.346 e. The quantitative estimate of drug-likeness (QED) is 0.530. The lowest BCUT2D eigenvalue weighted by Crippen LogP contribution is -2.23. The summed E-state index contributed by atoms with van der Waals surface area (Å²) < 4.78 is 1.67. The molecule has 29 heavy (non-hydrogen) atoms. The molecule has 8 heteroatoms. The molecule has 0 saturated carbocycles. The van der Waals surface area contributed by atoms with Crippen LogP contribution in [-0.4, -0.2) is 36.3 Å². The minimum Gasteiger partial charge on any atom is -0.346 e. The second-order valence-electron chi connectivity index (χ2n) is 6.76. The molecular weight excluding hydrogens is 366 g/mol. The number of nitrogens with one attached hydrogen (secondary N) is 2. The van der Waals surface area contributed by atoms with Crippen LogP contribution in [-0.2, 0) is 13.0 Å². The first-order chi connectivity index (χ1) is 14.1. The van der Waals surface area contributed by atoms with E-state index in [9.17, 15) is 4.79 Å². The molecule has 0 aliphatic rings. The van der Waals surface area contributed by atoms with Crippen LogP contribution < -0.4 is 5.32 Å². The molecule has 0 spiro atoms. The van der Waals surface area contributed by atoms with Crippen molar-refractivity contribution in [3.63, 3.8) is 0 Å². The summed E-state index contributed by atoms with van der Waals surface area (Å²) >= 11 is 0. The summed E-state index contributed by atoms with van der Waals surface area (Å²) in [6.07, 6.45) is 2.34. The number of benzene rings is 2. The first-order valence-electron chi connectivity index (χ1n) is 9.40. The smallest absolute Gasteiger partial charge is 0.251 e. The predicted molar refractivity (Wildman–Crippen MR) is 108 cm³/mol. The van der Waals surface area contributed by atoms with Crippen molar-refractivity contribution in [3.05, 3.63) is 77.4 Å². The van der Waals surface area contributed by atoms with Gasteiger partial charge in [0.1, 0.15) is 0 Å². The van der Waals surface area contributed by atoms with Crippen LogP contribution in [0.3, 0.4) is 0 Å². The lowest BCUT2D eigenvalue weighted by Gasteiger charge is -2.11. The molecule has 0 unspecified atom stereocenters. The molecule has 2 aromatic heterocycles. The van der Waals surface area contributed by atoms with Crippen molar-refractivity contribution < 1.29 is 4.79 Å². The molecule has 0 bridgehead atoms. The number of aromatic amines is 1. The summed E-state index contributed by atoms with van der Waals surface area (Å²) in [6.45, 7) is 4.40. The highest BCUT2D eigenvalue weighted by atomic mass is 16.1. The Bertz CT molecular complexity index is 1110. The fourth-order valence-corrected chi connectivity index (χ4v) is 3.06. The van der Waals surface area contributed by atoms with Crippen LogP contribution in [0.25, 0.3) is 16.8 Å². The molecule has 2 N–H and O–H groups in total. The van der Waals surface area contributed by atoms with Gasteiger partial charge in [-0.1, -0.05) is 36.8 Å². The summed E-state index contributed by atoms with van der Waals surface area (Å²) in [5, 5.41) is 21.6. The van der Waals surface area contributed by atoms with Crippen LogP contribution in [0.4, 0.5) is 0 Å². The first kappa shape index (κ1) is 18.5. The Balaban J connectivity index is 1.73. The van der Waals surface area contributed by atoms with Crippen LogP contribution in [0.1, 0.15) is 34.4 Å². The third-order valence-corrected chi connectivity index (χ3v) is 4.66. The Hall–Kier alpha value is -3.81. The molecule has 2 aromatic carbocycles. The van der Waals surface area contributed by atoms with Gasteiger partial charge in [0, 0.05) is 18.2 Å². The van der Waals surface area contributed by atoms with Crippen LogP contribution in [0.5, 0.6) is 0 Å². The maximum Gasteiger partial charge on any atom is 0.251 e. The summed E-state index contributed by atoms with van der Waals surface area (Å²) in [6, 6.07) is 15.7. The molecule has 0 saturated heterocycles. The zero-order valence-electron chi connectivity index (χ0n) is 16.3. The first-order valence-corrected chi connectivity index (χ1v) is 9.40. The number of amides is 1. The molecule has 146 valence electrons. The number of carbonyl (C=O) groups is 1. The maximum atomic E-state index is 12.8. The van der Waals surface area contributed by atoms with Crippen molar-refractivity contribution in [1.29, 1.82) is 0 Å². The third-order valence-electron chi connectivity index (χ3n) is 4.66. The Morgan fingerprint density at radius 2 is 1.93 bits per heavy atom. The molecule has 0 fully saturated rings. The number of tetrazole rings is 1. The Morgan fingerprint density at radius 3 is 2.66 bits per heavy atom. The number of carbonyl (C=O) groups excluding carboxylic acids is 1. The normalized spacial score (nSPS) is 10.8. The zero-order valence-corrected chi connectivity index (χ0v) is 16.3. The molecule has 1 amide bonds. The summed E-state index contributed by atoms with van der Waals surface area (Å²) in [5.41, 5.74) is 5.24. The van der Waals surface area contributed by atoms with E-state index in [2.05, 4.69) is 43.2 Å². The highest BCUT2D eigenvalue weighted by Crippen LogP contribution is 2.25. The number of nitrogens with zero attached hydrogens (tertiary/aromatic N) is 5. The van der Waals surface area contributed by atoms with E-state index >= 15 is 0 Å². The average molecular weight is 387 g/mol. The number of H-pyrrole nitrogens is 1. The number of rotatable bonds is 6. The molecule has 0 aliphatic heterocycles. The van der Waals surface area contributed by atoms with Crippen molar-refractivity contribution in [2.75, 3.05) is 0 Å². The van der Waals surface area contributed by atoms with Gasteiger partial charge in [0.15, 0.2) is 5.82 Å². The van der Waals surface area contributed by atoms with Crippen molar-refractivity contribution in [1.82, 2.24) is 35.7 Å². The molecule has 4 aromatic rings. The molecule has 8 nitrogen and oxygen atoms in total. The van der Waals surface area contributed by atoms with Gasteiger partial charge < -0.3 is 5.32 Å². The van der Waals surface area contributed by atoms with E-state index in [1.807, 2.05) is 44.2 Å². The van der Waals surface area contributed by atoms with Gasteiger partial charge in [-0.25, -0.2) is 0 Å². The van der Waals surface area contributed by atoms with E-state index in [1.165, 1.54) is 5.56 Å². The molecular formula is C21H21N7O. The highest BCUT2D eigenvalue weighted by Gasteiger charge is 2.14. The zero-order chi connectivity index (χ0) is 20.2. The van der Waals surface area contributed by atoms with Gasteiger partial charge >= 0.3 is 0 Å². The summed E-state index contributed by atoms with van der Waals surface area (Å²) in [5.74, 6) is 0.552. The number of aryl methyl sites for hydroxylation is 2. The van der Waals surface area contributed by atoms with Gasteiger partial charge in [0.05, 0.1) is 17.9 Å². The average Bonchev–Trinajstić information content (AvgIpc) is 3.44. The van der Waals surface area contributed by atoms with Crippen molar-refractivity contribution in [2.45, 2.75) is 26.8 Å². The van der Waals surface area contributed by atoms with Gasteiger partial charge in [-0.05, 0) is 52.7 Å². The van der Waals surface area contributed by atoms with Crippen LogP contribution in [0.15, 0.2) is 54.7 Å². The fraction of sp³-hybridized carbons (Fsp3) is 0.190. The lowest BCUT2D eigenvalue weighted by atomic mass is 10.0. The van der Waals surface area contributed by atoms with Crippen molar-refractivity contribution in [3.8, 4) is 16.8 Å². The number of hydrogen-bond acceptors (Lipinski definition) is 5. The van der Waals surface area contributed by atoms with Gasteiger partial charge in [0.2, 0.25) is 0 Å². The minimum atomic E-state index is -0.180. The van der Waals surface area contributed by atoms with E-state index < -0.39 is 0 Å². The Morgan fingerprint density at radius 1 is 1.10 bits per heavy atom. The van der Waals surface area contributed by atoms with Crippen LogP contribution in [0, 0.1) is 6.92 Å². The summed E-state index contributed by atoms with van der Waals surface area (Å²) in [4.78, 5) is 12.8. The summed E-state index contributed by atoms with van der Waals surface area (Å²) in [7, 11) is 0. The number of hydrogen-bond donors (Lipinski definition) is 2. The fourth-order valence-electron chi connectivity index (χ4n) is 3.06. The molecule has 0 atom stereocenters. The Kier molecular flexibility index (Phi) is 5.15. The van der Waals surface area contributed by atoms with E-state index in [4.69, 9.17) is 0 Å². The topological polar surface area (TPSA) is 101 Å². The van der Waals surface area contributed by atoms with Gasteiger partial charge in [0.25, 0.3) is 5.91 Å². The van der Waals surface area contributed by atoms with E-state index in [0.29, 0.717) is 18.5 Å². The minimum absolute atomic E-state index is 0.180. The van der Waals surface area contributed by atoms with Gasteiger partial charge in [-0.2, -0.15) is 9.78 Å². The lowest BCUT2D eigenvalue weighted by molar-refractivity contribution is 0.0950. The molecule has 4 rings (SSSR count). The second kappa shape index (κ2) is 8.05. The number of aromatic nitrogens is 6. The van der Waals surface area contributed by atoms with Crippen molar-refractivity contribution >= 4 is 5.91 Å². The maximum absolute atomic E-state index is 12.8. The van der Waals surface area contributed by atoms with E-state index in [1.54, 1.807) is 16.9 Å².